The Morgan fingerprint density at radius 2 is 2.00 bits per heavy atom. The summed E-state index contributed by atoms with van der Waals surface area (Å²) in [5, 5.41) is 8.56. The summed E-state index contributed by atoms with van der Waals surface area (Å²) in [5.41, 5.74) is 7.87. The van der Waals surface area contributed by atoms with Crippen LogP contribution in [0.1, 0.15) is 11.4 Å². The van der Waals surface area contributed by atoms with Gasteiger partial charge >= 0.3 is 0 Å². The molecular formula is C13H12ClN5O. The number of hydrogen-bond donors (Lipinski definition) is 1. The van der Waals surface area contributed by atoms with Crippen molar-refractivity contribution in [2.75, 3.05) is 0 Å². The molecule has 0 saturated carbocycles. The highest BCUT2D eigenvalue weighted by atomic mass is 35.5. The fourth-order valence-corrected chi connectivity index (χ4v) is 1.91. The number of oxazole rings is 1. The van der Waals surface area contributed by atoms with Crippen molar-refractivity contribution in [1.82, 2.24) is 20.0 Å². The summed E-state index contributed by atoms with van der Waals surface area (Å²) in [7, 11) is 0. The number of benzene rings is 1. The minimum Gasteiger partial charge on any atom is -0.444 e. The highest BCUT2D eigenvalue weighted by Gasteiger charge is 2.08. The van der Waals surface area contributed by atoms with Crippen LogP contribution >= 0.6 is 11.6 Å². The van der Waals surface area contributed by atoms with Crippen LogP contribution in [0.2, 0.25) is 5.02 Å². The molecule has 2 N–H and O–H groups in total. The van der Waals surface area contributed by atoms with Crippen LogP contribution in [0.15, 0.2) is 41.1 Å². The molecule has 1 aromatic carbocycles. The molecule has 20 heavy (non-hydrogen) atoms. The van der Waals surface area contributed by atoms with Gasteiger partial charge in [-0.05, 0) is 24.3 Å². The van der Waals surface area contributed by atoms with E-state index in [1.54, 1.807) is 29.3 Å². The normalized spacial score (nSPS) is 10.9. The van der Waals surface area contributed by atoms with E-state index in [2.05, 4.69) is 15.3 Å². The number of rotatable bonds is 4. The van der Waals surface area contributed by atoms with Gasteiger partial charge in [0.05, 0.1) is 18.4 Å². The number of aromatic nitrogens is 4. The molecule has 0 unspecified atom stereocenters. The molecule has 0 radical (unpaired) electrons. The number of halogens is 1. The van der Waals surface area contributed by atoms with Crippen LogP contribution in [-0.2, 0) is 13.1 Å². The Morgan fingerprint density at radius 3 is 2.70 bits per heavy atom. The Balaban J connectivity index is 1.78. The number of nitrogens with zero attached hydrogens (tertiary/aromatic N) is 4. The molecule has 0 atom stereocenters. The van der Waals surface area contributed by atoms with Crippen LogP contribution in [0, 0.1) is 0 Å². The van der Waals surface area contributed by atoms with Gasteiger partial charge in [0.25, 0.3) is 0 Å². The first-order valence-electron chi connectivity index (χ1n) is 6.04. The van der Waals surface area contributed by atoms with Crippen LogP contribution in [0.25, 0.3) is 11.5 Å². The summed E-state index contributed by atoms with van der Waals surface area (Å²) >= 11 is 5.85. The van der Waals surface area contributed by atoms with Crippen molar-refractivity contribution in [3.63, 3.8) is 0 Å². The second kappa shape index (κ2) is 5.44. The Labute approximate surface area is 120 Å². The van der Waals surface area contributed by atoms with Crippen LogP contribution < -0.4 is 5.73 Å². The summed E-state index contributed by atoms with van der Waals surface area (Å²) < 4.78 is 7.13. The monoisotopic (exact) mass is 289 g/mol. The Kier molecular flexibility index (Phi) is 3.49. The molecule has 7 heteroatoms. The molecular weight excluding hydrogens is 278 g/mol. The highest BCUT2D eigenvalue weighted by molar-refractivity contribution is 6.30. The molecule has 2 aromatic heterocycles. The predicted molar refractivity (Wildman–Crippen MR) is 74.0 cm³/mol. The molecule has 0 amide bonds. The van der Waals surface area contributed by atoms with Gasteiger partial charge in [0.15, 0.2) is 0 Å². The standard InChI is InChI=1S/C13H12ClN5O/c14-10-3-1-9(2-4-10)13-16-12(8-20-13)7-19-6-11(5-15)17-18-19/h1-4,6,8H,5,7,15H2. The van der Waals surface area contributed by atoms with Crippen molar-refractivity contribution in [2.45, 2.75) is 13.1 Å². The van der Waals surface area contributed by atoms with Crippen molar-refractivity contribution in [3.8, 4) is 11.5 Å². The predicted octanol–water partition coefficient (Wildman–Crippen LogP) is 2.09. The van der Waals surface area contributed by atoms with E-state index in [0.29, 0.717) is 24.0 Å². The van der Waals surface area contributed by atoms with Gasteiger partial charge in [-0.3, -0.25) is 0 Å². The fraction of sp³-hybridized carbons (Fsp3) is 0.154. The van der Waals surface area contributed by atoms with Gasteiger partial charge in [-0.15, -0.1) is 5.10 Å². The van der Waals surface area contributed by atoms with Crippen molar-refractivity contribution in [3.05, 3.63) is 53.1 Å². The van der Waals surface area contributed by atoms with E-state index in [9.17, 15) is 0 Å². The van der Waals surface area contributed by atoms with E-state index >= 15 is 0 Å². The number of hydrogen-bond acceptors (Lipinski definition) is 5. The van der Waals surface area contributed by atoms with Crippen molar-refractivity contribution in [1.29, 1.82) is 0 Å². The Bertz CT molecular complexity index is 704. The second-order valence-corrected chi connectivity index (χ2v) is 4.70. The molecule has 102 valence electrons. The van der Waals surface area contributed by atoms with Gasteiger partial charge in [-0.1, -0.05) is 16.8 Å². The maximum absolute atomic E-state index is 5.85. The molecule has 2 heterocycles. The van der Waals surface area contributed by atoms with E-state index in [0.717, 1.165) is 17.0 Å². The third kappa shape index (κ3) is 2.71. The molecule has 0 fully saturated rings. The topological polar surface area (TPSA) is 82.8 Å². The molecule has 3 aromatic rings. The minimum atomic E-state index is 0.370. The van der Waals surface area contributed by atoms with Crippen LogP contribution in [0.5, 0.6) is 0 Å². The first kappa shape index (κ1) is 12.8. The molecule has 0 aliphatic rings. The summed E-state index contributed by atoms with van der Waals surface area (Å²) in [6.07, 6.45) is 3.39. The zero-order valence-corrected chi connectivity index (χ0v) is 11.3. The smallest absolute Gasteiger partial charge is 0.226 e. The zero-order chi connectivity index (χ0) is 13.9. The lowest BCUT2D eigenvalue weighted by Crippen LogP contribution is -2.00. The first-order valence-corrected chi connectivity index (χ1v) is 6.42. The van der Waals surface area contributed by atoms with Gasteiger partial charge in [0, 0.05) is 17.1 Å². The second-order valence-electron chi connectivity index (χ2n) is 4.26. The maximum Gasteiger partial charge on any atom is 0.226 e. The summed E-state index contributed by atoms with van der Waals surface area (Å²) in [6, 6.07) is 7.32. The average Bonchev–Trinajstić information content (AvgIpc) is 3.09. The van der Waals surface area contributed by atoms with Crippen LogP contribution in [0.3, 0.4) is 0 Å². The summed E-state index contributed by atoms with van der Waals surface area (Å²) in [6.45, 7) is 0.860. The van der Waals surface area contributed by atoms with Gasteiger partial charge in [0.2, 0.25) is 5.89 Å². The average molecular weight is 290 g/mol. The van der Waals surface area contributed by atoms with Gasteiger partial charge in [-0.2, -0.15) is 0 Å². The molecule has 6 nitrogen and oxygen atoms in total. The molecule has 3 rings (SSSR count). The molecule has 0 aliphatic carbocycles. The summed E-state index contributed by atoms with van der Waals surface area (Å²) in [4.78, 5) is 4.41. The van der Waals surface area contributed by atoms with E-state index < -0.39 is 0 Å². The van der Waals surface area contributed by atoms with E-state index in [-0.39, 0.29) is 0 Å². The third-order valence-corrected chi connectivity index (χ3v) is 3.01. The number of nitrogens with two attached hydrogens (primary N) is 1. The quantitative estimate of drug-likeness (QED) is 0.795. The Morgan fingerprint density at radius 1 is 1.20 bits per heavy atom. The fourth-order valence-electron chi connectivity index (χ4n) is 1.78. The Hall–Kier alpha value is -2.18. The van der Waals surface area contributed by atoms with Crippen molar-refractivity contribution >= 4 is 11.6 Å². The highest BCUT2D eigenvalue weighted by Crippen LogP contribution is 2.21. The van der Waals surface area contributed by atoms with E-state index in [4.69, 9.17) is 21.8 Å². The van der Waals surface area contributed by atoms with Crippen molar-refractivity contribution in [2.24, 2.45) is 5.73 Å². The maximum atomic E-state index is 5.85. The van der Waals surface area contributed by atoms with Gasteiger partial charge < -0.3 is 10.2 Å². The largest absolute Gasteiger partial charge is 0.444 e. The zero-order valence-electron chi connectivity index (χ0n) is 10.5. The lowest BCUT2D eigenvalue weighted by molar-refractivity contribution is 0.568. The van der Waals surface area contributed by atoms with Crippen LogP contribution in [0.4, 0.5) is 0 Å². The molecule has 0 spiro atoms. The van der Waals surface area contributed by atoms with Gasteiger partial charge in [0.1, 0.15) is 12.0 Å². The third-order valence-electron chi connectivity index (χ3n) is 2.76. The van der Waals surface area contributed by atoms with E-state index in [1.165, 1.54) is 0 Å². The summed E-state index contributed by atoms with van der Waals surface area (Å²) in [5.74, 6) is 0.552. The molecule has 0 bridgehead atoms. The lowest BCUT2D eigenvalue weighted by Gasteiger charge is -1.95. The SMILES string of the molecule is NCc1cn(Cc2coc(-c3ccc(Cl)cc3)n2)nn1. The van der Waals surface area contributed by atoms with Gasteiger partial charge in [-0.25, -0.2) is 9.67 Å². The van der Waals surface area contributed by atoms with Crippen LogP contribution in [-0.4, -0.2) is 20.0 Å². The first-order chi connectivity index (χ1) is 9.74. The lowest BCUT2D eigenvalue weighted by atomic mass is 10.2. The minimum absolute atomic E-state index is 0.370. The molecule has 0 saturated heterocycles. The molecule has 0 aliphatic heterocycles. The van der Waals surface area contributed by atoms with Crippen molar-refractivity contribution < 1.29 is 4.42 Å². The van der Waals surface area contributed by atoms with E-state index in [1.807, 2.05) is 12.1 Å².